The van der Waals surface area contributed by atoms with Crippen molar-refractivity contribution >= 4 is 5.91 Å². The fourth-order valence-corrected chi connectivity index (χ4v) is 2.17. The summed E-state index contributed by atoms with van der Waals surface area (Å²) in [5.74, 6) is 0.390. The molecule has 0 aliphatic rings. The molecule has 1 amide bonds. The third-order valence-electron chi connectivity index (χ3n) is 3.23. The summed E-state index contributed by atoms with van der Waals surface area (Å²) in [6.45, 7) is 4.27. The summed E-state index contributed by atoms with van der Waals surface area (Å²) in [6.07, 6.45) is 1.82. The summed E-state index contributed by atoms with van der Waals surface area (Å²) in [6, 6.07) is 11.7. The Bertz CT molecular complexity index is 601. The molecule has 3 nitrogen and oxygen atoms in total. The SMILES string of the molecule is CC(C)c1ncccc1-c1ccc(C(=O)N(C)C)cc1. The van der Waals surface area contributed by atoms with E-state index in [4.69, 9.17) is 0 Å². The number of benzene rings is 1. The van der Waals surface area contributed by atoms with Crippen LogP contribution in [0.15, 0.2) is 42.6 Å². The molecule has 0 unspecified atom stereocenters. The molecule has 0 radical (unpaired) electrons. The zero-order valence-electron chi connectivity index (χ0n) is 12.4. The van der Waals surface area contributed by atoms with Gasteiger partial charge in [0, 0.05) is 31.4 Å². The van der Waals surface area contributed by atoms with Crippen LogP contribution in [0, 0.1) is 0 Å². The lowest BCUT2D eigenvalue weighted by Gasteiger charge is -2.13. The molecule has 0 saturated carbocycles. The minimum absolute atomic E-state index is 0.0202. The standard InChI is InChI=1S/C17H20N2O/c1-12(2)16-15(6-5-11-18-16)13-7-9-14(10-8-13)17(20)19(3)4/h5-12H,1-4H3. The fraction of sp³-hybridized carbons (Fsp3) is 0.294. The molecule has 0 fully saturated rings. The van der Waals surface area contributed by atoms with E-state index in [0.29, 0.717) is 11.5 Å². The van der Waals surface area contributed by atoms with Gasteiger partial charge in [-0.15, -0.1) is 0 Å². The summed E-state index contributed by atoms with van der Waals surface area (Å²) in [5.41, 5.74) is 4.01. The van der Waals surface area contributed by atoms with E-state index < -0.39 is 0 Å². The number of nitrogens with zero attached hydrogens (tertiary/aromatic N) is 2. The molecule has 104 valence electrons. The Hall–Kier alpha value is -2.16. The average molecular weight is 268 g/mol. The van der Waals surface area contributed by atoms with Gasteiger partial charge in [-0.25, -0.2) is 0 Å². The number of carbonyl (C=O) groups excluding carboxylic acids is 1. The topological polar surface area (TPSA) is 33.2 Å². The van der Waals surface area contributed by atoms with Crippen LogP contribution < -0.4 is 0 Å². The van der Waals surface area contributed by atoms with Gasteiger partial charge in [-0.3, -0.25) is 9.78 Å². The van der Waals surface area contributed by atoms with Crippen molar-refractivity contribution in [3.8, 4) is 11.1 Å². The lowest BCUT2D eigenvalue weighted by molar-refractivity contribution is 0.0827. The molecule has 0 spiro atoms. The van der Waals surface area contributed by atoms with Gasteiger partial charge in [-0.05, 0) is 29.7 Å². The van der Waals surface area contributed by atoms with Crippen LogP contribution in [0.1, 0.15) is 35.8 Å². The minimum Gasteiger partial charge on any atom is -0.345 e. The normalized spacial score (nSPS) is 10.7. The molecule has 20 heavy (non-hydrogen) atoms. The number of hydrogen-bond acceptors (Lipinski definition) is 2. The van der Waals surface area contributed by atoms with Crippen LogP contribution in [0.2, 0.25) is 0 Å². The van der Waals surface area contributed by atoms with Crippen molar-refractivity contribution in [1.82, 2.24) is 9.88 Å². The first-order valence-corrected chi connectivity index (χ1v) is 6.77. The van der Waals surface area contributed by atoms with Gasteiger partial charge in [0.15, 0.2) is 0 Å². The Labute approximate surface area is 120 Å². The minimum atomic E-state index is 0.0202. The zero-order valence-corrected chi connectivity index (χ0v) is 12.4. The molecular formula is C17H20N2O. The first kappa shape index (κ1) is 14.3. The zero-order chi connectivity index (χ0) is 14.7. The number of amides is 1. The molecular weight excluding hydrogens is 248 g/mol. The molecule has 0 saturated heterocycles. The summed E-state index contributed by atoms with van der Waals surface area (Å²) in [5, 5.41) is 0. The highest BCUT2D eigenvalue weighted by atomic mass is 16.2. The molecule has 1 aromatic heterocycles. The Morgan fingerprint density at radius 1 is 1.10 bits per heavy atom. The molecule has 1 aromatic carbocycles. The second-order valence-electron chi connectivity index (χ2n) is 5.37. The van der Waals surface area contributed by atoms with Gasteiger partial charge in [0.1, 0.15) is 0 Å². The van der Waals surface area contributed by atoms with Gasteiger partial charge in [0.05, 0.1) is 5.69 Å². The van der Waals surface area contributed by atoms with Gasteiger partial charge in [0.2, 0.25) is 0 Å². The van der Waals surface area contributed by atoms with Crippen LogP contribution in [0.3, 0.4) is 0 Å². The smallest absolute Gasteiger partial charge is 0.253 e. The first-order valence-electron chi connectivity index (χ1n) is 6.77. The van der Waals surface area contributed by atoms with Crippen LogP contribution in [0.5, 0.6) is 0 Å². The molecule has 0 bridgehead atoms. The molecule has 2 aromatic rings. The third kappa shape index (κ3) is 2.87. The number of carbonyl (C=O) groups is 1. The van der Waals surface area contributed by atoms with Crippen LogP contribution in [-0.4, -0.2) is 29.9 Å². The summed E-state index contributed by atoms with van der Waals surface area (Å²) in [4.78, 5) is 17.9. The van der Waals surface area contributed by atoms with E-state index in [2.05, 4.69) is 24.9 Å². The summed E-state index contributed by atoms with van der Waals surface area (Å²) < 4.78 is 0. The van der Waals surface area contributed by atoms with Crippen molar-refractivity contribution in [3.05, 3.63) is 53.9 Å². The van der Waals surface area contributed by atoms with Crippen molar-refractivity contribution in [1.29, 1.82) is 0 Å². The van der Waals surface area contributed by atoms with Crippen LogP contribution >= 0.6 is 0 Å². The van der Waals surface area contributed by atoms with Crippen LogP contribution in [0.25, 0.3) is 11.1 Å². The van der Waals surface area contributed by atoms with Crippen LogP contribution in [0.4, 0.5) is 0 Å². The summed E-state index contributed by atoms with van der Waals surface area (Å²) in [7, 11) is 3.52. The summed E-state index contributed by atoms with van der Waals surface area (Å²) >= 11 is 0. The molecule has 0 aliphatic carbocycles. The van der Waals surface area contributed by atoms with Crippen molar-refractivity contribution in [2.75, 3.05) is 14.1 Å². The highest BCUT2D eigenvalue weighted by Crippen LogP contribution is 2.27. The number of hydrogen-bond donors (Lipinski definition) is 0. The predicted octanol–water partition coefficient (Wildman–Crippen LogP) is 3.57. The van der Waals surface area contributed by atoms with E-state index in [1.165, 1.54) is 0 Å². The molecule has 1 heterocycles. The molecule has 3 heteroatoms. The Balaban J connectivity index is 2.38. The Morgan fingerprint density at radius 2 is 1.75 bits per heavy atom. The predicted molar refractivity (Wildman–Crippen MR) is 81.8 cm³/mol. The van der Waals surface area contributed by atoms with Gasteiger partial charge in [0.25, 0.3) is 5.91 Å². The fourth-order valence-electron chi connectivity index (χ4n) is 2.17. The number of pyridine rings is 1. The van der Waals surface area contributed by atoms with E-state index in [-0.39, 0.29) is 5.91 Å². The lowest BCUT2D eigenvalue weighted by atomic mass is 9.97. The van der Waals surface area contributed by atoms with Crippen molar-refractivity contribution in [2.45, 2.75) is 19.8 Å². The van der Waals surface area contributed by atoms with Gasteiger partial charge in [-0.1, -0.05) is 32.0 Å². The maximum atomic E-state index is 11.9. The highest BCUT2D eigenvalue weighted by Gasteiger charge is 2.11. The second-order valence-corrected chi connectivity index (χ2v) is 5.37. The first-order chi connectivity index (χ1) is 9.50. The number of rotatable bonds is 3. The van der Waals surface area contributed by atoms with E-state index in [0.717, 1.165) is 16.8 Å². The largest absolute Gasteiger partial charge is 0.345 e. The monoisotopic (exact) mass is 268 g/mol. The van der Waals surface area contributed by atoms with Gasteiger partial charge < -0.3 is 4.90 Å². The van der Waals surface area contributed by atoms with Crippen LogP contribution in [-0.2, 0) is 0 Å². The van der Waals surface area contributed by atoms with E-state index in [1.807, 2.05) is 36.5 Å². The number of aromatic nitrogens is 1. The third-order valence-corrected chi connectivity index (χ3v) is 3.23. The van der Waals surface area contributed by atoms with Crippen molar-refractivity contribution in [3.63, 3.8) is 0 Å². The lowest BCUT2D eigenvalue weighted by Crippen LogP contribution is -2.21. The van der Waals surface area contributed by atoms with Crippen molar-refractivity contribution in [2.24, 2.45) is 0 Å². The van der Waals surface area contributed by atoms with E-state index in [9.17, 15) is 4.79 Å². The Kier molecular flexibility index (Phi) is 4.18. The molecule has 0 aliphatic heterocycles. The quantitative estimate of drug-likeness (QED) is 0.852. The van der Waals surface area contributed by atoms with Gasteiger partial charge >= 0.3 is 0 Å². The van der Waals surface area contributed by atoms with Crippen molar-refractivity contribution < 1.29 is 4.79 Å². The molecule has 0 atom stereocenters. The maximum Gasteiger partial charge on any atom is 0.253 e. The maximum absolute atomic E-state index is 11.9. The van der Waals surface area contributed by atoms with Gasteiger partial charge in [-0.2, -0.15) is 0 Å². The van der Waals surface area contributed by atoms with E-state index >= 15 is 0 Å². The molecule has 2 rings (SSSR count). The molecule has 0 N–H and O–H groups in total. The second kappa shape index (κ2) is 5.87. The van der Waals surface area contributed by atoms with E-state index in [1.54, 1.807) is 19.0 Å². The highest BCUT2D eigenvalue weighted by molar-refractivity contribution is 5.94. The Morgan fingerprint density at radius 3 is 2.30 bits per heavy atom. The average Bonchev–Trinajstić information content (AvgIpc) is 2.46.